The monoisotopic (exact) mass is 415 g/mol. The SMILES string of the molecule is Cc1cc(-c2ccc(Cl)cc2)c(Cl)cc1C1=C(O)C2(CCC(C)CC2)NC1=O. The molecule has 1 aliphatic heterocycles. The third kappa shape index (κ3) is 3.21. The molecule has 1 amide bonds. The Bertz CT molecular complexity index is 971. The average Bonchev–Trinajstić information content (AvgIpc) is 2.90. The van der Waals surface area contributed by atoms with E-state index in [-0.39, 0.29) is 11.7 Å². The lowest BCUT2D eigenvalue weighted by Gasteiger charge is -2.36. The number of hydrogen-bond acceptors (Lipinski definition) is 2. The minimum atomic E-state index is -0.618. The quantitative estimate of drug-likeness (QED) is 0.602. The highest BCUT2D eigenvalue weighted by molar-refractivity contribution is 6.34. The van der Waals surface area contributed by atoms with Crippen LogP contribution in [0.1, 0.15) is 43.7 Å². The van der Waals surface area contributed by atoms with E-state index >= 15 is 0 Å². The molecule has 5 heteroatoms. The van der Waals surface area contributed by atoms with Gasteiger partial charge in [0.2, 0.25) is 0 Å². The van der Waals surface area contributed by atoms with Crippen molar-refractivity contribution in [3.05, 3.63) is 63.3 Å². The molecule has 2 aromatic carbocycles. The molecule has 146 valence electrons. The third-order valence-electron chi connectivity index (χ3n) is 6.14. The summed E-state index contributed by atoms with van der Waals surface area (Å²) >= 11 is 12.6. The van der Waals surface area contributed by atoms with Crippen molar-refractivity contribution in [3.63, 3.8) is 0 Å². The number of carbonyl (C=O) groups is 1. The molecule has 0 aromatic heterocycles. The van der Waals surface area contributed by atoms with Crippen LogP contribution in [0.2, 0.25) is 10.0 Å². The summed E-state index contributed by atoms with van der Waals surface area (Å²) in [6.45, 7) is 4.15. The van der Waals surface area contributed by atoms with E-state index in [2.05, 4.69) is 12.2 Å². The Balaban J connectivity index is 1.77. The summed E-state index contributed by atoms with van der Waals surface area (Å²) in [5.41, 5.74) is 3.15. The van der Waals surface area contributed by atoms with Crippen molar-refractivity contribution < 1.29 is 9.90 Å². The van der Waals surface area contributed by atoms with Crippen molar-refractivity contribution >= 4 is 34.7 Å². The second kappa shape index (κ2) is 7.13. The Kier molecular flexibility index (Phi) is 4.93. The van der Waals surface area contributed by atoms with Gasteiger partial charge in [0.1, 0.15) is 5.76 Å². The highest BCUT2D eigenvalue weighted by Gasteiger charge is 2.47. The highest BCUT2D eigenvalue weighted by atomic mass is 35.5. The molecular weight excluding hydrogens is 393 g/mol. The molecule has 0 unspecified atom stereocenters. The first-order valence-corrected chi connectivity index (χ1v) is 10.4. The van der Waals surface area contributed by atoms with Gasteiger partial charge >= 0.3 is 0 Å². The predicted octanol–water partition coefficient (Wildman–Crippen LogP) is 6.32. The number of benzene rings is 2. The molecule has 0 radical (unpaired) electrons. The van der Waals surface area contributed by atoms with E-state index in [4.69, 9.17) is 23.2 Å². The first kappa shape index (κ1) is 19.4. The number of aliphatic hydroxyl groups excluding tert-OH is 1. The van der Waals surface area contributed by atoms with Gasteiger partial charge in [0.15, 0.2) is 0 Å². The number of amides is 1. The van der Waals surface area contributed by atoms with E-state index in [1.807, 2.05) is 37.3 Å². The lowest BCUT2D eigenvalue weighted by Crippen LogP contribution is -2.47. The molecule has 2 N–H and O–H groups in total. The summed E-state index contributed by atoms with van der Waals surface area (Å²) in [7, 11) is 0. The fourth-order valence-electron chi connectivity index (χ4n) is 4.35. The molecule has 2 aliphatic rings. The number of aryl methyl sites for hydroxylation is 1. The number of hydrogen-bond donors (Lipinski definition) is 2. The van der Waals surface area contributed by atoms with Gasteiger partial charge in [-0.05, 0) is 79.5 Å². The number of rotatable bonds is 2. The van der Waals surface area contributed by atoms with E-state index in [9.17, 15) is 9.90 Å². The van der Waals surface area contributed by atoms with E-state index in [1.165, 1.54) is 0 Å². The van der Waals surface area contributed by atoms with Gasteiger partial charge in [0.05, 0.1) is 11.1 Å². The highest BCUT2D eigenvalue weighted by Crippen LogP contribution is 2.44. The molecular formula is C23H23Cl2NO2. The van der Waals surface area contributed by atoms with Crippen molar-refractivity contribution in [1.29, 1.82) is 0 Å². The van der Waals surface area contributed by atoms with E-state index in [1.54, 1.807) is 6.07 Å². The largest absolute Gasteiger partial charge is 0.509 e. The molecule has 0 bridgehead atoms. The Morgan fingerprint density at radius 3 is 2.36 bits per heavy atom. The maximum absolute atomic E-state index is 12.8. The second-order valence-corrected chi connectivity index (χ2v) is 8.94. The minimum absolute atomic E-state index is 0.169. The number of nitrogens with one attached hydrogen (secondary N) is 1. The summed E-state index contributed by atoms with van der Waals surface area (Å²) < 4.78 is 0. The van der Waals surface area contributed by atoms with Gasteiger partial charge < -0.3 is 10.4 Å². The second-order valence-electron chi connectivity index (χ2n) is 8.10. The van der Waals surface area contributed by atoms with Crippen LogP contribution in [0.5, 0.6) is 0 Å². The molecule has 1 saturated carbocycles. The van der Waals surface area contributed by atoms with Crippen LogP contribution < -0.4 is 5.32 Å². The van der Waals surface area contributed by atoms with Gasteiger partial charge in [-0.15, -0.1) is 0 Å². The van der Waals surface area contributed by atoms with Crippen molar-refractivity contribution in [2.75, 3.05) is 0 Å². The summed E-state index contributed by atoms with van der Waals surface area (Å²) in [6.07, 6.45) is 3.52. The molecule has 1 fully saturated rings. The summed E-state index contributed by atoms with van der Waals surface area (Å²) in [4.78, 5) is 12.8. The van der Waals surface area contributed by atoms with Crippen molar-refractivity contribution in [2.45, 2.75) is 45.1 Å². The molecule has 0 atom stereocenters. The fraction of sp³-hybridized carbons (Fsp3) is 0.348. The van der Waals surface area contributed by atoms with Gasteiger partial charge in [-0.1, -0.05) is 42.3 Å². The van der Waals surface area contributed by atoms with Gasteiger partial charge in [0.25, 0.3) is 5.91 Å². The topological polar surface area (TPSA) is 49.3 Å². The zero-order chi connectivity index (χ0) is 20.1. The Morgan fingerprint density at radius 1 is 1.07 bits per heavy atom. The molecule has 1 spiro atoms. The summed E-state index contributed by atoms with van der Waals surface area (Å²) in [6, 6.07) is 11.2. The molecule has 4 rings (SSSR count). The zero-order valence-corrected chi connectivity index (χ0v) is 17.5. The maximum Gasteiger partial charge on any atom is 0.256 e. The van der Waals surface area contributed by atoms with Gasteiger partial charge in [-0.25, -0.2) is 0 Å². The first-order valence-electron chi connectivity index (χ1n) is 9.63. The van der Waals surface area contributed by atoms with Crippen LogP contribution >= 0.6 is 23.2 Å². The summed E-state index contributed by atoms with van der Waals surface area (Å²) in [5, 5.41) is 15.3. The van der Waals surface area contributed by atoms with Crippen molar-refractivity contribution in [1.82, 2.24) is 5.32 Å². The Morgan fingerprint density at radius 2 is 1.71 bits per heavy atom. The van der Waals surface area contributed by atoms with Crippen molar-refractivity contribution in [3.8, 4) is 11.1 Å². The van der Waals surface area contributed by atoms with E-state index in [0.29, 0.717) is 27.1 Å². The Hall–Kier alpha value is -1.97. The Labute approximate surface area is 175 Å². The smallest absolute Gasteiger partial charge is 0.256 e. The van der Waals surface area contributed by atoms with Crippen LogP contribution in [-0.2, 0) is 4.79 Å². The predicted molar refractivity (Wildman–Crippen MR) is 115 cm³/mol. The molecule has 2 aromatic rings. The lowest BCUT2D eigenvalue weighted by molar-refractivity contribution is -0.116. The van der Waals surface area contributed by atoms with Crippen LogP contribution in [0, 0.1) is 12.8 Å². The van der Waals surface area contributed by atoms with Crippen LogP contribution in [0.15, 0.2) is 42.2 Å². The van der Waals surface area contributed by atoms with Crippen LogP contribution in [0.4, 0.5) is 0 Å². The zero-order valence-electron chi connectivity index (χ0n) is 16.0. The molecule has 1 heterocycles. The summed E-state index contributed by atoms with van der Waals surface area (Å²) in [5.74, 6) is 0.572. The van der Waals surface area contributed by atoms with E-state index < -0.39 is 5.54 Å². The standard InChI is InChI=1S/C23H23Cl2NO2/c1-13-7-9-23(10-8-13)21(27)20(22(28)26-23)17-12-19(25)18(11-14(17)2)15-3-5-16(24)6-4-15/h3-6,11-13,27H,7-10H2,1-2H3,(H,26,28). The lowest BCUT2D eigenvalue weighted by atomic mass is 9.76. The van der Waals surface area contributed by atoms with E-state index in [0.717, 1.165) is 42.4 Å². The van der Waals surface area contributed by atoms with Gasteiger partial charge in [-0.2, -0.15) is 0 Å². The third-order valence-corrected chi connectivity index (χ3v) is 6.70. The number of carbonyl (C=O) groups excluding carboxylic acids is 1. The van der Waals surface area contributed by atoms with Crippen LogP contribution in [0.25, 0.3) is 16.7 Å². The van der Waals surface area contributed by atoms with Crippen molar-refractivity contribution in [2.24, 2.45) is 5.92 Å². The normalized spacial score (nSPS) is 24.7. The number of halogens is 2. The molecule has 3 nitrogen and oxygen atoms in total. The fourth-order valence-corrected chi connectivity index (χ4v) is 4.75. The van der Waals surface area contributed by atoms with Gasteiger partial charge in [0, 0.05) is 15.6 Å². The minimum Gasteiger partial charge on any atom is -0.509 e. The van der Waals surface area contributed by atoms with Crippen LogP contribution in [0.3, 0.4) is 0 Å². The van der Waals surface area contributed by atoms with Gasteiger partial charge in [-0.3, -0.25) is 4.79 Å². The molecule has 28 heavy (non-hydrogen) atoms. The molecule has 1 aliphatic carbocycles. The number of aliphatic hydroxyl groups is 1. The van der Waals surface area contributed by atoms with Crippen LogP contribution in [-0.4, -0.2) is 16.6 Å². The first-order chi connectivity index (χ1) is 13.3. The maximum atomic E-state index is 12.8. The molecule has 0 saturated heterocycles. The average molecular weight is 416 g/mol.